The van der Waals surface area contributed by atoms with E-state index in [1.165, 1.54) is 0 Å². The van der Waals surface area contributed by atoms with Crippen LogP contribution in [0.5, 0.6) is 0 Å². The third kappa shape index (κ3) is 3.25. The summed E-state index contributed by atoms with van der Waals surface area (Å²) in [4.78, 5) is 5.38. The van der Waals surface area contributed by atoms with E-state index >= 15 is 0 Å². The van der Waals surface area contributed by atoms with Crippen LogP contribution in [0.15, 0.2) is 18.3 Å². The lowest BCUT2D eigenvalue weighted by Crippen LogP contribution is -2.24. The van der Waals surface area contributed by atoms with Crippen LogP contribution in [0.2, 0.25) is 0 Å². The van der Waals surface area contributed by atoms with Gasteiger partial charge in [-0.15, -0.1) is 11.3 Å². The molecule has 0 fully saturated rings. The number of rotatable bonds is 5. The molecule has 0 aliphatic carbocycles. The Morgan fingerprint density at radius 1 is 1.30 bits per heavy atom. The van der Waals surface area contributed by atoms with Gasteiger partial charge in [0.15, 0.2) is 0 Å². The largest absolute Gasteiger partial charge is 0.305 e. The van der Waals surface area contributed by atoms with Gasteiger partial charge in [0.2, 0.25) is 0 Å². The predicted molar refractivity (Wildman–Crippen MR) is 82.9 cm³/mol. The molecule has 0 saturated carbocycles. The number of nitrogens with zero attached hydrogens (tertiary/aromatic N) is 1. The predicted octanol–water partition coefficient (Wildman–Crippen LogP) is 4.30. The zero-order valence-electron chi connectivity index (χ0n) is 12.5. The van der Waals surface area contributed by atoms with Gasteiger partial charge in [0.1, 0.15) is 5.82 Å². The first-order chi connectivity index (χ1) is 9.52. The number of halogens is 1. The first kappa shape index (κ1) is 15.1. The lowest BCUT2D eigenvalue weighted by molar-refractivity contribution is 0.547. The van der Waals surface area contributed by atoms with Crippen LogP contribution in [0, 0.1) is 26.6 Å². The number of hydrogen-bond donors (Lipinski definition) is 1. The van der Waals surface area contributed by atoms with Crippen molar-refractivity contribution in [1.82, 2.24) is 10.3 Å². The third-order valence-electron chi connectivity index (χ3n) is 3.29. The summed E-state index contributed by atoms with van der Waals surface area (Å²) in [6.07, 6.45) is 2.87. The van der Waals surface area contributed by atoms with Gasteiger partial charge in [-0.05, 0) is 50.9 Å². The maximum Gasteiger partial charge on any atom is 0.128 e. The Labute approximate surface area is 124 Å². The topological polar surface area (TPSA) is 24.9 Å². The van der Waals surface area contributed by atoms with Crippen LogP contribution in [-0.2, 0) is 0 Å². The van der Waals surface area contributed by atoms with Crippen molar-refractivity contribution in [2.24, 2.45) is 0 Å². The van der Waals surface area contributed by atoms with Crippen LogP contribution >= 0.6 is 11.3 Å². The van der Waals surface area contributed by atoms with Crippen molar-refractivity contribution in [2.75, 3.05) is 6.54 Å². The van der Waals surface area contributed by atoms with Crippen molar-refractivity contribution in [3.63, 3.8) is 0 Å². The molecule has 1 aromatic heterocycles. The molecule has 1 atom stereocenters. The first-order valence-electron chi connectivity index (χ1n) is 6.95. The third-order valence-corrected chi connectivity index (χ3v) is 4.27. The highest BCUT2D eigenvalue weighted by Crippen LogP contribution is 2.31. The molecule has 0 radical (unpaired) electrons. The summed E-state index contributed by atoms with van der Waals surface area (Å²) in [6, 6.07) is 3.53. The van der Waals surface area contributed by atoms with Crippen molar-refractivity contribution in [1.29, 1.82) is 0 Å². The molecule has 0 bridgehead atoms. The molecule has 20 heavy (non-hydrogen) atoms. The molecule has 0 aliphatic heterocycles. The highest BCUT2D eigenvalue weighted by atomic mass is 32.1. The Kier molecular flexibility index (Phi) is 4.89. The van der Waals surface area contributed by atoms with E-state index in [2.05, 4.69) is 17.2 Å². The van der Waals surface area contributed by atoms with Crippen LogP contribution < -0.4 is 5.32 Å². The number of thiazole rings is 1. The van der Waals surface area contributed by atoms with E-state index in [9.17, 15) is 4.39 Å². The fourth-order valence-electron chi connectivity index (χ4n) is 2.44. The molecule has 0 saturated heterocycles. The summed E-state index contributed by atoms with van der Waals surface area (Å²) in [5, 5.41) is 4.45. The highest BCUT2D eigenvalue weighted by molar-refractivity contribution is 7.11. The number of aryl methyl sites for hydroxylation is 3. The van der Waals surface area contributed by atoms with Crippen LogP contribution in [0.1, 0.15) is 46.0 Å². The molecule has 1 aromatic carbocycles. The summed E-state index contributed by atoms with van der Waals surface area (Å²) >= 11 is 1.62. The summed E-state index contributed by atoms with van der Waals surface area (Å²) in [6.45, 7) is 8.84. The smallest absolute Gasteiger partial charge is 0.128 e. The molecule has 0 amide bonds. The van der Waals surface area contributed by atoms with Gasteiger partial charge in [-0.3, -0.25) is 0 Å². The highest BCUT2D eigenvalue weighted by Gasteiger charge is 2.21. The van der Waals surface area contributed by atoms with Gasteiger partial charge in [0.25, 0.3) is 0 Å². The second kappa shape index (κ2) is 6.46. The number of benzene rings is 1. The van der Waals surface area contributed by atoms with Crippen LogP contribution in [-0.4, -0.2) is 11.5 Å². The molecule has 2 rings (SSSR count). The molecule has 1 unspecified atom stereocenters. The Balaban J connectivity index is 2.46. The molecule has 0 aliphatic rings. The molecule has 2 aromatic rings. The van der Waals surface area contributed by atoms with Gasteiger partial charge < -0.3 is 5.32 Å². The molecular formula is C16H21FN2S. The van der Waals surface area contributed by atoms with E-state index in [0.717, 1.165) is 39.5 Å². The van der Waals surface area contributed by atoms with E-state index in [1.807, 2.05) is 33.0 Å². The standard InChI is InChI=1S/C16H21FN2S/c1-5-6-18-16(14-9-19-12(4)20-14)15-11(3)7-10(2)8-13(15)17/h7-9,16,18H,5-6H2,1-4H3. The Morgan fingerprint density at radius 3 is 2.60 bits per heavy atom. The molecule has 1 N–H and O–H groups in total. The quantitative estimate of drug-likeness (QED) is 0.889. The summed E-state index contributed by atoms with van der Waals surface area (Å²) in [5.74, 6) is -0.137. The van der Waals surface area contributed by atoms with E-state index in [0.29, 0.717) is 0 Å². The Hall–Kier alpha value is -1.26. The second-order valence-electron chi connectivity index (χ2n) is 5.15. The van der Waals surface area contributed by atoms with Gasteiger partial charge in [-0.2, -0.15) is 0 Å². The van der Waals surface area contributed by atoms with Gasteiger partial charge in [0.05, 0.1) is 11.0 Å². The zero-order valence-corrected chi connectivity index (χ0v) is 13.3. The molecule has 108 valence electrons. The van der Waals surface area contributed by atoms with E-state index in [4.69, 9.17) is 0 Å². The fraction of sp³-hybridized carbons (Fsp3) is 0.438. The lowest BCUT2D eigenvalue weighted by atomic mass is 9.97. The van der Waals surface area contributed by atoms with Gasteiger partial charge in [-0.1, -0.05) is 13.0 Å². The van der Waals surface area contributed by atoms with Gasteiger partial charge >= 0.3 is 0 Å². The van der Waals surface area contributed by atoms with Crippen LogP contribution in [0.4, 0.5) is 4.39 Å². The summed E-state index contributed by atoms with van der Waals surface area (Å²) in [7, 11) is 0. The average molecular weight is 292 g/mol. The first-order valence-corrected chi connectivity index (χ1v) is 7.77. The SMILES string of the molecule is CCCNC(c1cnc(C)s1)c1c(C)cc(C)cc1F. The van der Waals surface area contributed by atoms with Crippen molar-refractivity contribution < 1.29 is 4.39 Å². The molecule has 4 heteroatoms. The summed E-state index contributed by atoms with van der Waals surface area (Å²) < 4.78 is 14.4. The number of hydrogen-bond acceptors (Lipinski definition) is 3. The van der Waals surface area contributed by atoms with Crippen molar-refractivity contribution >= 4 is 11.3 Å². The minimum absolute atomic E-state index is 0.109. The zero-order chi connectivity index (χ0) is 14.7. The summed E-state index contributed by atoms with van der Waals surface area (Å²) in [5.41, 5.74) is 2.69. The maximum absolute atomic E-state index is 14.4. The van der Waals surface area contributed by atoms with Crippen molar-refractivity contribution in [2.45, 2.75) is 40.2 Å². The van der Waals surface area contributed by atoms with Crippen molar-refractivity contribution in [3.05, 3.63) is 50.7 Å². The maximum atomic E-state index is 14.4. The molecule has 2 nitrogen and oxygen atoms in total. The van der Waals surface area contributed by atoms with Gasteiger partial charge in [0, 0.05) is 16.6 Å². The van der Waals surface area contributed by atoms with Crippen molar-refractivity contribution in [3.8, 4) is 0 Å². The molecule has 0 spiro atoms. The Bertz CT molecular complexity index is 569. The normalized spacial score (nSPS) is 12.7. The number of nitrogens with one attached hydrogen (secondary N) is 1. The van der Waals surface area contributed by atoms with E-state index in [-0.39, 0.29) is 11.9 Å². The minimum Gasteiger partial charge on any atom is -0.305 e. The second-order valence-corrected chi connectivity index (χ2v) is 6.41. The average Bonchev–Trinajstić information content (AvgIpc) is 2.78. The lowest BCUT2D eigenvalue weighted by Gasteiger charge is -2.20. The van der Waals surface area contributed by atoms with Gasteiger partial charge in [-0.25, -0.2) is 9.37 Å². The molecule has 1 heterocycles. The van der Waals surface area contributed by atoms with E-state index < -0.39 is 0 Å². The van der Waals surface area contributed by atoms with Crippen LogP contribution in [0.25, 0.3) is 0 Å². The minimum atomic E-state index is -0.137. The van der Waals surface area contributed by atoms with Crippen LogP contribution in [0.3, 0.4) is 0 Å². The fourth-order valence-corrected chi connectivity index (χ4v) is 3.31. The number of aromatic nitrogens is 1. The van der Waals surface area contributed by atoms with E-state index in [1.54, 1.807) is 17.4 Å². The monoisotopic (exact) mass is 292 g/mol. The molecular weight excluding hydrogens is 271 g/mol. The Morgan fingerprint density at radius 2 is 2.05 bits per heavy atom.